The average molecular weight is 389 g/mol. The van der Waals surface area contributed by atoms with Gasteiger partial charge in [0, 0.05) is 0 Å². The SMILES string of the molecule is COC(=O)C1CCc2ccccc2N1S(=O)(=O)c1c(C)cc(OC)cc1C. The lowest BCUT2D eigenvalue weighted by Crippen LogP contribution is -2.48. The Morgan fingerprint density at radius 2 is 1.74 bits per heavy atom. The van der Waals surface area contributed by atoms with Gasteiger partial charge in [-0.25, -0.2) is 13.2 Å². The number of methoxy groups -OCH3 is 2. The number of anilines is 1. The van der Waals surface area contributed by atoms with Gasteiger partial charge in [0.05, 0.1) is 24.8 Å². The van der Waals surface area contributed by atoms with E-state index in [2.05, 4.69) is 0 Å². The standard InChI is InChI=1S/C20H23NO5S/c1-13-11-16(25-3)12-14(2)19(13)27(23,24)21-17-8-6-5-7-15(17)9-10-18(21)20(22)26-4/h5-8,11-12,18H,9-10H2,1-4H3. The Kier molecular flexibility index (Phi) is 5.15. The highest BCUT2D eigenvalue weighted by Gasteiger charge is 2.41. The summed E-state index contributed by atoms with van der Waals surface area (Å²) in [6, 6.07) is 9.73. The molecule has 0 aromatic heterocycles. The fourth-order valence-corrected chi connectivity index (χ4v) is 5.79. The van der Waals surface area contributed by atoms with E-state index in [-0.39, 0.29) is 4.90 Å². The molecule has 27 heavy (non-hydrogen) atoms. The lowest BCUT2D eigenvalue weighted by molar-refractivity contribution is -0.142. The van der Waals surface area contributed by atoms with Crippen molar-refractivity contribution in [1.29, 1.82) is 0 Å². The first-order valence-electron chi connectivity index (χ1n) is 8.66. The van der Waals surface area contributed by atoms with E-state index in [9.17, 15) is 13.2 Å². The molecular weight excluding hydrogens is 366 g/mol. The van der Waals surface area contributed by atoms with Crippen LogP contribution in [0, 0.1) is 13.8 Å². The van der Waals surface area contributed by atoms with E-state index in [0.29, 0.717) is 35.4 Å². The van der Waals surface area contributed by atoms with Crippen molar-refractivity contribution in [3.63, 3.8) is 0 Å². The minimum Gasteiger partial charge on any atom is -0.497 e. The Morgan fingerprint density at radius 3 is 2.33 bits per heavy atom. The van der Waals surface area contributed by atoms with Crippen LogP contribution in [-0.2, 0) is 26.0 Å². The molecule has 1 unspecified atom stereocenters. The second kappa shape index (κ2) is 7.23. The van der Waals surface area contributed by atoms with E-state index in [1.54, 1.807) is 38.1 Å². The van der Waals surface area contributed by atoms with E-state index in [4.69, 9.17) is 9.47 Å². The first kappa shape index (κ1) is 19.2. The highest BCUT2D eigenvalue weighted by molar-refractivity contribution is 7.93. The number of carbonyl (C=O) groups excluding carboxylic acids is 1. The van der Waals surface area contributed by atoms with Gasteiger partial charge in [-0.15, -0.1) is 0 Å². The number of sulfonamides is 1. The Bertz CT molecular complexity index is 961. The van der Waals surface area contributed by atoms with Crippen LogP contribution in [-0.4, -0.2) is 34.6 Å². The van der Waals surface area contributed by atoms with Gasteiger partial charge in [-0.3, -0.25) is 4.31 Å². The molecule has 0 saturated carbocycles. The van der Waals surface area contributed by atoms with Crippen molar-refractivity contribution in [2.24, 2.45) is 0 Å². The van der Waals surface area contributed by atoms with E-state index in [0.717, 1.165) is 5.56 Å². The summed E-state index contributed by atoms with van der Waals surface area (Å²) < 4.78 is 38.8. The van der Waals surface area contributed by atoms with E-state index in [1.165, 1.54) is 18.5 Å². The van der Waals surface area contributed by atoms with Crippen molar-refractivity contribution < 1.29 is 22.7 Å². The summed E-state index contributed by atoms with van der Waals surface area (Å²) in [5.41, 5.74) is 2.55. The molecule has 2 aromatic rings. The fraction of sp³-hybridized carbons (Fsp3) is 0.350. The number of esters is 1. The molecule has 1 aliphatic heterocycles. The number of ether oxygens (including phenoxy) is 2. The van der Waals surface area contributed by atoms with Gasteiger partial charge < -0.3 is 9.47 Å². The zero-order valence-electron chi connectivity index (χ0n) is 15.9. The van der Waals surface area contributed by atoms with Crippen LogP contribution >= 0.6 is 0 Å². The summed E-state index contributed by atoms with van der Waals surface area (Å²) in [6.07, 6.45) is 0.986. The molecule has 0 N–H and O–H groups in total. The van der Waals surface area contributed by atoms with Crippen LogP contribution in [0.5, 0.6) is 5.75 Å². The second-order valence-corrected chi connectivity index (χ2v) is 8.35. The number of benzene rings is 2. The molecule has 6 nitrogen and oxygen atoms in total. The van der Waals surface area contributed by atoms with E-state index in [1.807, 2.05) is 12.1 Å². The third kappa shape index (κ3) is 3.27. The van der Waals surface area contributed by atoms with Gasteiger partial charge in [-0.2, -0.15) is 0 Å². The van der Waals surface area contributed by atoms with Crippen LogP contribution in [0.15, 0.2) is 41.3 Å². The molecule has 0 spiro atoms. The Morgan fingerprint density at radius 1 is 1.11 bits per heavy atom. The molecule has 7 heteroatoms. The lowest BCUT2D eigenvalue weighted by atomic mass is 9.98. The second-order valence-electron chi connectivity index (χ2n) is 6.60. The van der Waals surface area contributed by atoms with Crippen molar-refractivity contribution in [3.8, 4) is 5.75 Å². The number of para-hydroxylation sites is 1. The molecule has 2 aromatic carbocycles. The number of carbonyl (C=O) groups is 1. The summed E-state index contributed by atoms with van der Waals surface area (Å²) in [5.74, 6) is 0.0319. The maximum absolute atomic E-state index is 13.7. The van der Waals surface area contributed by atoms with Gasteiger partial charge in [-0.05, 0) is 61.6 Å². The molecule has 1 heterocycles. The van der Waals surface area contributed by atoms with Crippen molar-refractivity contribution >= 4 is 21.7 Å². The molecule has 0 amide bonds. The van der Waals surface area contributed by atoms with Gasteiger partial charge in [0.1, 0.15) is 11.8 Å². The smallest absolute Gasteiger partial charge is 0.329 e. The molecule has 0 fully saturated rings. The quantitative estimate of drug-likeness (QED) is 0.752. The predicted molar refractivity (Wildman–Crippen MR) is 103 cm³/mol. The third-order valence-corrected chi connectivity index (χ3v) is 6.99. The summed E-state index contributed by atoms with van der Waals surface area (Å²) >= 11 is 0. The van der Waals surface area contributed by atoms with Gasteiger partial charge in [0.15, 0.2) is 0 Å². The Balaban J connectivity index is 2.23. The predicted octanol–water partition coefficient (Wildman–Crippen LogP) is 3.00. The largest absolute Gasteiger partial charge is 0.497 e. The van der Waals surface area contributed by atoms with E-state index < -0.39 is 22.0 Å². The number of nitrogens with zero attached hydrogens (tertiary/aromatic N) is 1. The molecule has 0 aliphatic carbocycles. The van der Waals surface area contributed by atoms with Crippen LogP contribution in [0.3, 0.4) is 0 Å². The number of aryl methyl sites for hydroxylation is 3. The van der Waals surface area contributed by atoms with Crippen molar-refractivity contribution in [2.45, 2.75) is 37.6 Å². The number of hydrogen-bond donors (Lipinski definition) is 0. The van der Waals surface area contributed by atoms with Gasteiger partial charge in [-0.1, -0.05) is 18.2 Å². The van der Waals surface area contributed by atoms with Crippen LogP contribution in [0.4, 0.5) is 5.69 Å². The molecule has 3 rings (SSSR count). The average Bonchev–Trinajstić information content (AvgIpc) is 2.65. The van der Waals surface area contributed by atoms with Crippen molar-refractivity contribution in [2.75, 3.05) is 18.5 Å². The summed E-state index contributed by atoms with van der Waals surface area (Å²) in [5, 5.41) is 0. The summed E-state index contributed by atoms with van der Waals surface area (Å²) in [4.78, 5) is 12.6. The van der Waals surface area contributed by atoms with Gasteiger partial charge in [0.25, 0.3) is 10.0 Å². The molecule has 144 valence electrons. The molecule has 0 bridgehead atoms. The number of hydrogen-bond acceptors (Lipinski definition) is 5. The molecular formula is C20H23NO5S. The first-order valence-corrected chi connectivity index (χ1v) is 10.1. The van der Waals surface area contributed by atoms with Crippen LogP contribution < -0.4 is 9.04 Å². The number of fused-ring (bicyclic) bond motifs is 1. The van der Waals surface area contributed by atoms with Crippen molar-refractivity contribution in [3.05, 3.63) is 53.1 Å². The normalized spacial score (nSPS) is 16.6. The van der Waals surface area contributed by atoms with Crippen LogP contribution in [0.1, 0.15) is 23.1 Å². The Hall–Kier alpha value is -2.54. The maximum Gasteiger partial charge on any atom is 0.329 e. The van der Waals surface area contributed by atoms with Crippen LogP contribution in [0.2, 0.25) is 0 Å². The topological polar surface area (TPSA) is 72.9 Å². The zero-order valence-corrected chi connectivity index (χ0v) is 16.7. The van der Waals surface area contributed by atoms with E-state index >= 15 is 0 Å². The molecule has 1 atom stereocenters. The summed E-state index contributed by atoms with van der Waals surface area (Å²) in [6.45, 7) is 3.46. The summed E-state index contributed by atoms with van der Waals surface area (Å²) in [7, 11) is -1.18. The Labute approximate surface area is 159 Å². The minimum absolute atomic E-state index is 0.189. The third-order valence-electron chi connectivity index (χ3n) is 4.86. The first-order chi connectivity index (χ1) is 12.8. The van der Waals surface area contributed by atoms with Crippen LogP contribution in [0.25, 0.3) is 0 Å². The van der Waals surface area contributed by atoms with Gasteiger partial charge in [0.2, 0.25) is 0 Å². The maximum atomic E-state index is 13.7. The monoisotopic (exact) mass is 389 g/mol. The fourth-order valence-electron chi connectivity index (χ4n) is 3.69. The molecule has 0 saturated heterocycles. The minimum atomic E-state index is -3.99. The molecule has 1 aliphatic rings. The lowest BCUT2D eigenvalue weighted by Gasteiger charge is -2.36. The molecule has 0 radical (unpaired) electrons. The highest BCUT2D eigenvalue weighted by Crippen LogP contribution is 2.38. The zero-order chi connectivity index (χ0) is 19.8. The van der Waals surface area contributed by atoms with Crippen molar-refractivity contribution in [1.82, 2.24) is 0 Å². The number of rotatable bonds is 4. The van der Waals surface area contributed by atoms with Gasteiger partial charge >= 0.3 is 5.97 Å². The highest BCUT2D eigenvalue weighted by atomic mass is 32.2.